The van der Waals surface area contributed by atoms with Gasteiger partial charge in [-0.05, 0) is 61.7 Å². The Bertz CT molecular complexity index is 1030. The van der Waals surface area contributed by atoms with Crippen molar-refractivity contribution >= 4 is 27.6 Å². The van der Waals surface area contributed by atoms with Crippen LogP contribution in [0.5, 0.6) is 0 Å². The number of benzene rings is 2. The topological polar surface area (TPSA) is 92.8 Å². The van der Waals surface area contributed by atoms with Crippen molar-refractivity contribution < 1.29 is 22.7 Å². The third-order valence-electron chi connectivity index (χ3n) is 4.94. The van der Waals surface area contributed by atoms with Gasteiger partial charge < -0.3 is 10.1 Å². The molecule has 7 nitrogen and oxygen atoms in total. The normalized spacial score (nSPS) is 15.0. The van der Waals surface area contributed by atoms with Gasteiger partial charge in [0, 0.05) is 24.3 Å². The SMILES string of the molecule is COC(=O)c1ccc(NC(=O)c2cccc(S(=O)(=O)N3CCCCC3)c2)c(C)c1. The Labute approximate surface area is 170 Å². The van der Waals surface area contributed by atoms with Gasteiger partial charge in [0.15, 0.2) is 0 Å². The molecule has 1 saturated heterocycles. The molecule has 29 heavy (non-hydrogen) atoms. The number of nitrogens with zero attached hydrogens (tertiary/aromatic N) is 1. The second-order valence-electron chi connectivity index (χ2n) is 6.97. The summed E-state index contributed by atoms with van der Waals surface area (Å²) in [6.45, 7) is 2.77. The third-order valence-corrected chi connectivity index (χ3v) is 6.84. The van der Waals surface area contributed by atoms with Gasteiger partial charge in [-0.1, -0.05) is 12.5 Å². The maximum Gasteiger partial charge on any atom is 0.337 e. The fourth-order valence-corrected chi connectivity index (χ4v) is 4.86. The molecule has 1 amide bonds. The number of ether oxygens (including phenoxy) is 1. The molecular weight excluding hydrogens is 392 g/mol. The maximum atomic E-state index is 12.9. The molecule has 2 aromatic carbocycles. The first-order chi connectivity index (χ1) is 13.8. The first-order valence-corrected chi connectivity index (χ1v) is 10.9. The van der Waals surface area contributed by atoms with E-state index in [1.54, 1.807) is 37.3 Å². The fourth-order valence-electron chi connectivity index (χ4n) is 3.30. The van der Waals surface area contributed by atoms with Gasteiger partial charge in [0.2, 0.25) is 10.0 Å². The number of hydrogen-bond acceptors (Lipinski definition) is 5. The lowest BCUT2D eigenvalue weighted by Gasteiger charge is -2.26. The molecule has 0 radical (unpaired) electrons. The quantitative estimate of drug-likeness (QED) is 0.756. The highest BCUT2D eigenvalue weighted by molar-refractivity contribution is 7.89. The standard InChI is InChI=1S/C21H24N2O5S/c1-15-13-17(21(25)28-2)9-10-19(15)22-20(24)16-7-6-8-18(14-16)29(26,27)23-11-4-3-5-12-23/h6-10,13-14H,3-5,11-12H2,1-2H3,(H,22,24). The number of anilines is 1. The number of carbonyl (C=O) groups excluding carboxylic acids is 2. The smallest absolute Gasteiger partial charge is 0.337 e. The molecule has 1 aliphatic rings. The number of aryl methyl sites for hydroxylation is 1. The molecule has 0 bridgehead atoms. The highest BCUT2D eigenvalue weighted by atomic mass is 32.2. The minimum absolute atomic E-state index is 0.116. The molecule has 3 rings (SSSR count). The van der Waals surface area contributed by atoms with E-state index in [0.29, 0.717) is 29.9 Å². The number of piperidine rings is 1. The van der Waals surface area contributed by atoms with Crippen molar-refractivity contribution in [1.29, 1.82) is 0 Å². The zero-order valence-electron chi connectivity index (χ0n) is 16.5. The van der Waals surface area contributed by atoms with Gasteiger partial charge in [-0.2, -0.15) is 4.31 Å². The molecule has 0 atom stereocenters. The Morgan fingerprint density at radius 3 is 2.38 bits per heavy atom. The molecule has 1 fully saturated rings. The largest absolute Gasteiger partial charge is 0.465 e. The van der Waals surface area contributed by atoms with Gasteiger partial charge in [0.25, 0.3) is 5.91 Å². The lowest BCUT2D eigenvalue weighted by Crippen LogP contribution is -2.35. The highest BCUT2D eigenvalue weighted by Crippen LogP contribution is 2.23. The second kappa shape index (κ2) is 8.75. The number of nitrogens with one attached hydrogen (secondary N) is 1. The zero-order valence-corrected chi connectivity index (χ0v) is 17.3. The van der Waals surface area contributed by atoms with Crippen LogP contribution in [0.15, 0.2) is 47.4 Å². The predicted molar refractivity (Wildman–Crippen MR) is 110 cm³/mol. The molecule has 1 heterocycles. The van der Waals surface area contributed by atoms with Crippen molar-refractivity contribution in [2.24, 2.45) is 0 Å². The Kier molecular flexibility index (Phi) is 6.34. The van der Waals surface area contributed by atoms with Gasteiger partial charge in [0.1, 0.15) is 0 Å². The van der Waals surface area contributed by atoms with Crippen LogP contribution < -0.4 is 5.32 Å². The van der Waals surface area contributed by atoms with E-state index in [2.05, 4.69) is 10.1 Å². The fraction of sp³-hybridized carbons (Fsp3) is 0.333. The van der Waals surface area contributed by atoms with Crippen LogP contribution in [-0.4, -0.2) is 44.8 Å². The molecule has 8 heteroatoms. The van der Waals surface area contributed by atoms with Crippen LogP contribution in [0.25, 0.3) is 0 Å². The van der Waals surface area contributed by atoms with E-state index >= 15 is 0 Å². The van der Waals surface area contributed by atoms with Crippen LogP contribution in [0.4, 0.5) is 5.69 Å². The Morgan fingerprint density at radius 2 is 1.72 bits per heavy atom. The monoisotopic (exact) mass is 416 g/mol. The van der Waals surface area contributed by atoms with E-state index in [1.807, 2.05) is 0 Å². The Balaban J connectivity index is 1.80. The van der Waals surface area contributed by atoms with Crippen LogP contribution >= 0.6 is 0 Å². The first kappa shape index (κ1) is 21.0. The van der Waals surface area contributed by atoms with Crippen LogP contribution in [-0.2, 0) is 14.8 Å². The number of sulfonamides is 1. The number of esters is 1. The van der Waals surface area contributed by atoms with Gasteiger partial charge in [0.05, 0.1) is 17.6 Å². The van der Waals surface area contributed by atoms with Crippen molar-refractivity contribution in [3.63, 3.8) is 0 Å². The molecule has 2 aromatic rings. The van der Waals surface area contributed by atoms with Gasteiger partial charge in [-0.15, -0.1) is 0 Å². The van der Waals surface area contributed by atoms with E-state index in [-0.39, 0.29) is 10.5 Å². The molecular formula is C21H24N2O5S. The van der Waals surface area contributed by atoms with E-state index < -0.39 is 21.9 Å². The summed E-state index contributed by atoms with van der Waals surface area (Å²) in [5, 5.41) is 2.77. The third kappa shape index (κ3) is 4.65. The summed E-state index contributed by atoms with van der Waals surface area (Å²) < 4.78 is 31.9. The molecule has 154 valence electrons. The molecule has 0 aliphatic carbocycles. The molecule has 0 aromatic heterocycles. The number of rotatable bonds is 5. The lowest BCUT2D eigenvalue weighted by atomic mass is 10.1. The molecule has 0 saturated carbocycles. The second-order valence-corrected chi connectivity index (χ2v) is 8.91. The number of hydrogen-bond donors (Lipinski definition) is 1. The summed E-state index contributed by atoms with van der Waals surface area (Å²) in [7, 11) is -2.31. The summed E-state index contributed by atoms with van der Waals surface area (Å²) in [6.07, 6.45) is 2.73. The van der Waals surface area contributed by atoms with Crippen molar-refractivity contribution in [2.45, 2.75) is 31.1 Å². The van der Waals surface area contributed by atoms with E-state index in [4.69, 9.17) is 0 Å². The van der Waals surface area contributed by atoms with Crippen LogP contribution in [0.1, 0.15) is 45.5 Å². The van der Waals surface area contributed by atoms with Crippen LogP contribution in [0.2, 0.25) is 0 Å². The van der Waals surface area contributed by atoms with Gasteiger partial charge in [-0.25, -0.2) is 13.2 Å². The number of methoxy groups -OCH3 is 1. The molecule has 0 unspecified atom stereocenters. The van der Waals surface area contributed by atoms with E-state index in [1.165, 1.54) is 23.5 Å². The van der Waals surface area contributed by atoms with E-state index in [0.717, 1.165) is 19.3 Å². The predicted octanol–water partition coefficient (Wildman–Crippen LogP) is 3.21. The summed E-state index contributed by atoms with van der Waals surface area (Å²) in [6, 6.07) is 10.9. The van der Waals surface area contributed by atoms with Crippen molar-refractivity contribution in [3.8, 4) is 0 Å². The summed E-state index contributed by atoms with van der Waals surface area (Å²) >= 11 is 0. The Hall–Kier alpha value is -2.71. The van der Waals surface area contributed by atoms with Crippen molar-refractivity contribution in [2.75, 3.05) is 25.5 Å². The summed E-state index contributed by atoms with van der Waals surface area (Å²) in [4.78, 5) is 24.4. The van der Waals surface area contributed by atoms with Crippen LogP contribution in [0, 0.1) is 6.92 Å². The average molecular weight is 416 g/mol. The number of carbonyl (C=O) groups is 2. The Morgan fingerprint density at radius 1 is 1.00 bits per heavy atom. The van der Waals surface area contributed by atoms with Gasteiger partial charge in [-0.3, -0.25) is 4.79 Å². The molecule has 1 N–H and O–H groups in total. The van der Waals surface area contributed by atoms with E-state index in [9.17, 15) is 18.0 Å². The maximum absolute atomic E-state index is 12.9. The van der Waals surface area contributed by atoms with Crippen LogP contribution in [0.3, 0.4) is 0 Å². The summed E-state index contributed by atoms with van der Waals surface area (Å²) in [5.41, 5.74) is 1.86. The number of amides is 1. The molecule has 0 spiro atoms. The highest BCUT2D eigenvalue weighted by Gasteiger charge is 2.26. The van der Waals surface area contributed by atoms with Crippen molar-refractivity contribution in [3.05, 3.63) is 59.2 Å². The minimum atomic E-state index is -3.62. The zero-order chi connectivity index (χ0) is 21.0. The minimum Gasteiger partial charge on any atom is -0.465 e. The van der Waals surface area contributed by atoms with Crippen molar-refractivity contribution in [1.82, 2.24) is 4.31 Å². The summed E-state index contributed by atoms with van der Waals surface area (Å²) in [5.74, 6) is -0.879. The molecule has 1 aliphatic heterocycles. The lowest BCUT2D eigenvalue weighted by molar-refractivity contribution is 0.0600. The first-order valence-electron chi connectivity index (χ1n) is 9.43. The average Bonchev–Trinajstić information content (AvgIpc) is 2.75. The van der Waals surface area contributed by atoms with Gasteiger partial charge >= 0.3 is 5.97 Å².